The van der Waals surface area contributed by atoms with Gasteiger partial charge in [-0.05, 0) is 25.8 Å². The third kappa shape index (κ3) is 4.36. The zero-order valence-corrected chi connectivity index (χ0v) is 16.5. The Hall–Kier alpha value is -2.81. The summed E-state index contributed by atoms with van der Waals surface area (Å²) in [6.45, 7) is 8.68. The summed E-state index contributed by atoms with van der Waals surface area (Å²) in [7, 11) is 0. The Balaban J connectivity index is 1.91. The molecular weight excluding hydrogens is 362 g/mol. The number of amides is 1. The van der Waals surface area contributed by atoms with E-state index in [9.17, 15) is 9.59 Å². The number of aryl methyl sites for hydroxylation is 2. The summed E-state index contributed by atoms with van der Waals surface area (Å²) < 4.78 is 7.01. The predicted molar refractivity (Wildman–Crippen MR) is 101 cm³/mol. The van der Waals surface area contributed by atoms with Gasteiger partial charge in [0, 0.05) is 30.7 Å². The molecule has 0 spiro atoms. The van der Waals surface area contributed by atoms with E-state index in [1.165, 1.54) is 4.68 Å². The number of ether oxygens (including phenoxy) is 1. The molecule has 9 nitrogen and oxygen atoms in total. The molecule has 150 valence electrons. The number of hydrogen-bond donors (Lipinski definition) is 1. The highest BCUT2D eigenvalue weighted by Crippen LogP contribution is 2.22. The van der Waals surface area contributed by atoms with E-state index in [-0.39, 0.29) is 24.8 Å². The average molecular weight is 387 g/mol. The normalized spacial score (nSPS) is 17.2. The quantitative estimate of drug-likeness (QED) is 0.831. The van der Waals surface area contributed by atoms with Crippen molar-refractivity contribution in [1.29, 1.82) is 0 Å². The van der Waals surface area contributed by atoms with E-state index in [0.29, 0.717) is 30.4 Å². The average Bonchev–Trinajstić information content (AvgIpc) is 3.05. The highest BCUT2D eigenvalue weighted by atomic mass is 16.5. The highest BCUT2D eigenvalue weighted by Gasteiger charge is 2.30. The lowest BCUT2D eigenvalue weighted by atomic mass is 10.0. The Morgan fingerprint density at radius 2 is 1.96 bits per heavy atom. The number of carboxylic acids is 1. The van der Waals surface area contributed by atoms with Crippen molar-refractivity contribution in [1.82, 2.24) is 24.6 Å². The van der Waals surface area contributed by atoms with Gasteiger partial charge in [-0.3, -0.25) is 9.59 Å². The lowest BCUT2D eigenvalue weighted by molar-refractivity contribution is -0.141. The fraction of sp³-hybridized carbons (Fsp3) is 0.526. The van der Waals surface area contributed by atoms with Crippen LogP contribution in [0, 0.1) is 13.8 Å². The molecule has 1 aliphatic heterocycles. The second-order valence-electron chi connectivity index (χ2n) is 7.32. The lowest BCUT2D eigenvalue weighted by Crippen LogP contribution is -2.46. The molecule has 1 saturated heterocycles. The molecule has 0 unspecified atom stereocenters. The highest BCUT2D eigenvalue weighted by molar-refractivity contribution is 5.95. The van der Waals surface area contributed by atoms with Crippen LogP contribution in [0.25, 0.3) is 5.95 Å². The molecule has 2 aromatic rings. The second-order valence-corrected chi connectivity index (χ2v) is 7.32. The number of nitrogens with zero attached hydrogens (tertiary/aromatic N) is 5. The number of carboxylic acid groups (broad SMARTS) is 1. The van der Waals surface area contributed by atoms with E-state index in [1.54, 1.807) is 11.1 Å². The molecule has 1 amide bonds. The zero-order valence-electron chi connectivity index (χ0n) is 16.5. The minimum Gasteiger partial charge on any atom is -0.481 e. The van der Waals surface area contributed by atoms with Crippen LogP contribution in [0.4, 0.5) is 0 Å². The first-order chi connectivity index (χ1) is 13.2. The third-order valence-electron chi connectivity index (χ3n) is 4.52. The van der Waals surface area contributed by atoms with Crippen molar-refractivity contribution in [3.05, 3.63) is 34.9 Å². The molecule has 1 fully saturated rings. The van der Waals surface area contributed by atoms with Gasteiger partial charge in [0.05, 0.1) is 30.4 Å². The molecule has 1 N–H and O–H groups in total. The van der Waals surface area contributed by atoms with Crippen LogP contribution in [0.5, 0.6) is 0 Å². The molecule has 2 aromatic heterocycles. The van der Waals surface area contributed by atoms with Crippen molar-refractivity contribution in [2.45, 2.75) is 46.1 Å². The van der Waals surface area contributed by atoms with Gasteiger partial charge in [0.15, 0.2) is 0 Å². The summed E-state index contributed by atoms with van der Waals surface area (Å²) >= 11 is 0. The first-order valence-electron chi connectivity index (χ1n) is 9.29. The number of rotatable bonds is 5. The number of aliphatic carboxylic acids is 1. The molecule has 9 heteroatoms. The van der Waals surface area contributed by atoms with Crippen molar-refractivity contribution in [2.24, 2.45) is 0 Å². The van der Waals surface area contributed by atoms with Gasteiger partial charge in [-0.15, -0.1) is 0 Å². The molecular formula is C19H25N5O4. The zero-order chi connectivity index (χ0) is 20.4. The molecule has 3 rings (SSSR count). The van der Waals surface area contributed by atoms with Gasteiger partial charge in [-0.2, -0.15) is 5.10 Å². The van der Waals surface area contributed by atoms with Gasteiger partial charge in [-0.25, -0.2) is 14.6 Å². The Labute approximate surface area is 163 Å². The standard InChI is InChI=1S/C19H25N5O4/c1-11(2)17-15(10-24(22-17)19-20-12(3)7-13(4)21-19)18(27)23-5-6-28-14(9-23)8-16(25)26/h7,10-11,14H,5-6,8-9H2,1-4H3,(H,25,26)/t14-/m0/s1. The van der Waals surface area contributed by atoms with E-state index < -0.39 is 12.1 Å². The number of carbonyl (C=O) groups excluding carboxylic acids is 1. The molecule has 3 heterocycles. The first kappa shape index (κ1) is 19.9. The molecule has 0 bridgehead atoms. The fourth-order valence-electron chi connectivity index (χ4n) is 3.28. The van der Waals surface area contributed by atoms with Gasteiger partial charge >= 0.3 is 5.97 Å². The Morgan fingerprint density at radius 1 is 1.29 bits per heavy atom. The third-order valence-corrected chi connectivity index (χ3v) is 4.52. The van der Waals surface area contributed by atoms with Crippen LogP contribution in [-0.2, 0) is 9.53 Å². The Morgan fingerprint density at radius 3 is 2.57 bits per heavy atom. The number of carbonyl (C=O) groups is 2. The topological polar surface area (TPSA) is 110 Å². The number of aromatic nitrogens is 4. The minimum absolute atomic E-state index is 0.0296. The SMILES string of the molecule is Cc1cc(C)nc(-n2cc(C(=O)N3CCO[C@@H](CC(=O)O)C3)c(C(C)C)n2)n1. The smallest absolute Gasteiger partial charge is 0.306 e. The summed E-state index contributed by atoms with van der Waals surface area (Å²) in [5.41, 5.74) is 2.78. The molecule has 0 aromatic carbocycles. The van der Waals surface area contributed by atoms with E-state index in [1.807, 2.05) is 33.8 Å². The molecule has 28 heavy (non-hydrogen) atoms. The van der Waals surface area contributed by atoms with Gasteiger partial charge in [0.1, 0.15) is 0 Å². The Kier molecular flexibility index (Phi) is 5.73. The lowest BCUT2D eigenvalue weighted by Gasteiger charge is -2.32. The molecule has 1 atom stereocenters. The minimum atomic E-state index is -0.943. The summed E-state index contributed by atoms with van der Waals surface area (Å²) in [4.78, 5) is 34.6. The largest absolute Gasteiger partial charge is 0.481 e. The van der Waals surface area contributed by atoms with Gasteiger partial charge in [0.25, 0.3) is 11.9 Å². The molecule has 1 aliphatic rings. The van der Waals surface area contributed by atoms with Crippen molar-refractivity contribution in [3.63, 3.8) is 0 Å². The maximum Gasteiger partial charge on any atom is 0.306 e. The molecule has 0 saturated carbocycles. The van der Waals surface area contributed by atoms with Crippen LogP contribution >= 0.6 is 0 Å². The van der Waals surface area contributed by atoms with E-state index in [0.717, 1.165) is 11.4 Å². The van der Waals surface area contributed by atoms with Crippen molar-refractivity contribution < 1.29 is 19.4 Å². The van der Waals surface area contributed by atoms with E-state index >= 15 is 0 Å². The van der Waals surface area contributed by atoms with Gasteiger partial charge < -0.3 is 14.7 Å². The maximum atomic E-state index is 13.2. The van der Waals surface area contributed by atoms with Crippen molar-refractivity contribution in [2.75, 3.05) is 19.7 Å². The van der Waals surface area contributed by atoms with Crippen LogP contribution in [0.1, 0.15) is 53.6 Å². The molecule has 0 aliphatic carbocycles. The summed E-state index contributed by atoms with van der Waals surface area (Å²) in [5, 5.41) is 13.6. The number of morpholine rings is 1. The van der Waals surface area contributed by atoms with Gasteiger partial charge in [-0.1, -0.05) is 13.8 Å². The van der Waals surface area contributed by atoms with Crippen LogP contribution in [0.3, 0.4) is 0 Å². The van der Waals surface area contributed by atoms with E-state index in [2.05, 4.69) is 15.1 Å². The predicted octanol–water partition coefficient (Wildman–Crippen LogP) is 1.72. The maximum absolute atomic E-state index is 13.2. The van der Waals surface area contributed by atoms with Crippen LogP contribution in [-0.4, -0.2) is 67.4 Å². The number of hydrogen-bond acceptors (Lipinski definition) is 6. The Bertz CT molecular complexity index is 872. The van der Waals surface area contributed by atoms with Crippen LogP contribution in [0.2, 0.25) is 0 Å². The second kappa shape index (κ2) is 8.05. The van der Waals surface area contributed by atoms with Crippen molar-refractivity contribution in [3.8, 4) is 5.95 Å². The monoisotopic (exact) mass is 387 g/mol. The molecule has 0 radical (unpaired) electrons. The van der Waals surface area contributed by atoms with Gasteiger partial charge in [0.2, 0.25) is 0 Å². The van der Waals surface area contributed by atoms with E-state index in [4.69, 9.17) is 9.84 Å². The van der Waals surface area contributed by atoms with Crippen LogP contribution < -0.4 is 0 Å². The first-order valence-corrected chi connectivity index (χ1v) is 9.29. The van der Waals surface area contributed by atoms with Crippen molar-refractivity contribution >= 4 is 11.9 Å². The summed E-state index contributed by atoms with van der Waals surface area (Å²) in [6.07, 6.45) is 1.03. The fourth-order valence-corrected chi connectivity index (χ4v) is 3.28. The summed E-state index contributed by atoms with van der Waals surface area (Å²) in [5.74, 6) is -0.675. The summed E-state index contributed by atoms with van der Waals surface area (Å²) in [6, 6.07) is 1.87. The van der Waals surface area contributed by atoms with Crippen LogP contribution in [0.15, 0.2) is 12.3 Å².